The van der Waals surface area contributed by atoms with Crippen LogP contribution < -0.4 is 0 Å². The Labute approximate surface area is 186 Å². The van der Waals surface area contributed by atoms with Crippen LogP contribution in [0.5, 0.6) is 0 Å². The lowest BCUT2D eigenvalue weighted by atomic mass is 10.1. The van der Waals surface area contributed by atoms with E-state index in [9.17, 15) is 4.79 Å². The van der Waals surface area contributed by atoms with Crippen molar-refractivity contribution < 1.29 is 4.79 Å². The number of rotatable bonds is 6. The molecule has 0 radical (unpaired) electrons. The van der Waals surface area contributed by atoms with Crippen LogP contribution >= 0.6 is 23.1 Å². The van der Waals surface area contributed by atoms with Gasteiger partial charge in [-0.2, -0.15) is 0 Å². The number of hydrogen-bond donors (Lipinski definition) is 0. The Morgan fingerprint density at radius 2 is 1.90 bits per heavy atom. The lowest BCUT2D eigenvalue weighted by Crippen LogP contribution is -2.53. The number of nitrogens with zero attached hydrogens (tertiary/aromatic N) is 3. The molecule has 30 heavy (non-hydrogen) atoms. The summed E-state index contributed by atoms with van der Waals surface area (Å²) in [6, 6.07) is 18.8. The Kier molecular flexibility index (Phi) is 6.87. The fraction of sp³-hybridized carbons (Fsp3) is 0.333. The zero-order chi connectivity index (χ0) is 20.9. The summed E-state index contributed by atoms with van der Waals surface area (Å²) in [6.45, 7) is 7.70. The molecule has 156 valence electrons. The average molecular weight is 438 g/mol. The van der Waals surface area contributed by atoms with E-state index in [1.54, 1.807) is 23.1 Å². The molecule has 4 nitrogen and oxygen atoms in total. The minimum atomic E-state index is 0.133. The van der Waals surface area contributed by atoms with Gasteiger partial charge in [0.1, 0.15) is 0 Å². The van der Waals surface area contributed by atoms with E-state index in [2.05, 4.69) is 46.5 Å². The molecule has 6 heteroatoms. The number of thiazole rings is 1. The first-order valence-corrected chi connectivity index (χ1v) is 12.2. The van der Waals surface area contributed by atoms with Crippen molar-refractivity contribution in [3.8, 4) is 0 Å². The van der Waals surface area contributed by atoms with Gasteiger partial charge in [-0.1, -0.05) is 30.3 Å². The van der Waals surface area contributed by atoms with E-state index in [-0.39, 0.29) is 11.9 Å². The number of piperazine rings is 1. The van der Waals surface area contributed by atoms with Crippen LogP contribution in [0, 0.1) is 6.92 Å². The van der Waals surface area contributed by atoms with Gasteiger partial charge in [0.2, 0.25) is 0 Å². The molecular weight excluding hydrogens is 410 g/mol. The minimum Gasteiger partial charge on any atom is -0.333 e. The maximum atomic E-state index is 13.1. The number of benzene rings is 2. The molecule has 0 spiro atoms. The van der Waals surface area contributed by atoms with Gasteiger partial charge in [0, 0.05) is 53.8 Å². The zero-order valence-electron chi connectivity index (χ0n) is 17.5. The second-order valence-electron chi connectivity index (χ2n) is 7.74. The normalized spacial score (nSPS) is 17.3. The molecule has 3 aromatic rings. The summed E-state index contributed by atoms with van der Waals surface area (Å²) in [5, 5.41) is 3.21. The smallest absolute Gasteiger partial charge is 0.254 e. The van der Waals surface area contributed by atoms with E-state index >= 15 is 0 Å². The van der Waals surface area contributed by atoms with Crippen molar-refractivity contribution in [1.29, 1.82) is 0 Å². The number of thioether (sulfide) groups is 1. The van der Waals surface area contributed by atoms with E-state index in [1.807, 2.05) is 42.2 Å². The van der Waals surface area contributed by atoms with Crippen LogP contribution in [0.2, 0.25) is 0 Å². The van der Waals surface area contributed by atoms with E-state index < -0.39 is 0 Å². The van der Waals surface area contributed by atoms with E-state index in [4.69, 9.17) is 0 Å². The number of carbonyl (C=O) groups is 1. The van der Waals surface area contributed by atoms with Gasteiger partial charge in [-0.05, 0) is 43.7 Å². The third-order valence-electron chi connectivity index (χ3n) is 5.38. The van der Waals surface area contributed by atoms with Crippen molar-refractivity contribution in [2.75, 3.05) is 19.6 Å². The highest BCUT2D eigenvalue weighted by molar-refractivity contribution is 7.98. The molecule has 0 bridgehead atoms. The first-order valence-electron chi connectivity index (χ1n) is 10.3. The number of carbonyl (C=O) groups excluding carboxylic acids is 1. The predicted molar refractivity (Wildman–Crippen MR) is 125 cm³/mol. The molecule has 1 aliphatic rings. The van der Waals surface area contributed by atoms with Gasteiger partial charge in [-0.15, -0.1) is 23.1 Å². The number of aromatic nitrogens is 1. The number of aryl methyl sites for hydroxylation is 1. The summed E-state index contributed by atoms with van der Waals surface area (Å²) in [6.07, 6.45) is 0. The number of amides is 1. The highest BCUT2D eigenvalue weighted by Gasteiger charge is 2.28. The first kappa shape index (κ1) is 21.1. The molecule has 2 aromatic carbocycles. The third-order valence-corrected chi connectivity index (χ3v) is 7.24. The summed E-state index contributed by atoms with van der Waals surface area (Å²) in [5.41, 5.74) is 3.21. The Morgan fingerprint density at radius 3 is 2.57 bits per heavy atom. The Bertz CT molecular complexity index is 972. The monoisotopic (exact) mass is 437 g/mol. The van der Waals surface area contributed by atoms with Crippen LogP contribution in [0.25, 0.3) is 0 Å². The topological polar surface area (TPSA) is 36.4 Å². The molecule has 0 saturated carbocycles. The Morgan fingerprint density at radius 1 is 1.13 bits per heavy atom. The number of hydrogen-bond acceptors (Lipinski definition) is 5. The predicted octanol–water partition coefficient (Wildman–Crippen LogP) is 5.09. The molecule has 1 saturated heterocycles. The highest BCUT2D eigenvalue weighted by Crippen LogP contribution is 2.25. The van der Waals surface area contributed by atoms with Crippen LogP contribution in [0.1, 0.15) is 33.5 Å². The molecule has 0 unspecified atom stereocenters. The van der Waals surface area contributed by atoms with E-state index in [1.165, 1.54) is 5.56 Å². The van der Waals surface area contributed by atoms with Gasteiger partial charge >= 0.3 is 0 Å². The molecule has 4 rings (SSSR count). The molecule has 2 heterocycles. The maximum absolute atomic E-state index is 13.1. The minimum absolute atomic E-state index is 0.133. The molecular formula is C24H27N3OS2. The van der Waals surface area contributed by atoms with Gasteiger partial charge < -0.3 is 4.90 Å². The van der Waals surface area contributed by atoms with Crippen molar-refractivity contribution in [3.63, 3.8) is 0 Å². The molecule has 1 fully saturated rings. The van der Waals surface area contributed by atoms with Gasteiger partial charge in [0.25, 0.3) is 5.91 Å². The summed E-state index contributed by atoms with van der Waals surface area (Å²) in [7, 11) is 0. The van der Waals surface area contributed by atoms with Crippen molar-refractivity contribution in [2.24, 2.45) is 0 Å². The largest absolute Gasteiger partial charge is 0.333 e. The summed E-state index contributed by atoms with van der Waals surface area (Å²) in [5.74, 6) is 0.992. The molecule has 1 amide bonds. The van der Waals surface area contributed by atoms with Gasteiger partial charge in [-0.3, -0.25) is 9.69 Å². The molecule has 1 aliphatic heterocycles. The highest BCUT2D eigenvalue weighted by atomic mass is 32.2. The zero-order valence-corrected chi connectivity index (χ0v) is 19.1. The molecule has 1 atom stereocenters. The Balaban J connectivity index is 1.31. The maximum Gasteiger partial charge on any atom is 0.254 e. The lowest BCUT2D eigenvalue weighted by molar-refractivity contribution is 0.0475. The SMILES string of the molecule is Cc1nc(CSc2ccc(C(=O)N3CCN(Cc4ccccc4)C[C@H]3C)cc2)cs1. The van der Waals surface area contributed by atoms with Gasteiger partial charge in [-0.25, -0.2) is 4.98 Å². The third kappa shape index (κ3) is 5.31. The fourth-order valence-electron chi connectivity index (χ4n) is 3.81. The molecule has 0 aliphatic carbocycles. The van der Waals surface area contributed by atoms with Crippen LogP contribution in [-0.4, -0.2) is 46.4 Å². The quantitative estimate of drug-likeness (QED) is 0.503. The standard InChI is InChI=1S/C24H27N3OS2/c1-18-14-26(15-20-6-4-3-5-7-20)12-13-27(18)24(28)21-8-10-23(11-9-21)30-17-22-16-29-19(2)25-22/h3-11,16,18H,12-15,17H2,1-2H3/t18-/m1/s1. The molecule has 0 N–H and O–H groups in total. The van der Waals surface area contributed by atoms with Crippen molar-refractivity contribution in [2.45, 2.75) is 37.1 Å². The Hall–Kier alpha value is -2.15. The van der Waals surface area contributed by atoms with Gasteiger partial charge in [0.05, 0.1) is 10.7 Å². The van der Waals surface area contributed by atoms with Crippen molar-refractivity contribution >= 4 is 29.0 Å². The van der Waals surface area contributed by atoms with Gasteiger partial charge in [0.15, 0.2) is 0 Å². The average Bonchev–Trinajstić information content (AvgIpc) is 3.18. The second kappa shape index (κ2) is 9.77. The van der Waals surface area contributed by atoms with Crippen molar-refractivity contribution in [1.82, 2.24) is 14.8 Å². The summed E-state index contributed by atoms with van der Waals surface area (Å²) >= 11 is 3.44. The van der Waals surface area contributed by atoms with Crippen LogP contribution in [0.15, 0.2) is 64.9 Å². The van der Waals surface area contributed by atoms with Crippen LogP contribution in [0.3, 0.4) is 0 Å². The summed E-state index contributed by atoms with van der Waals surface area (Å²) in [4.78, 5) is 23.2. The van der Waals surface area contributed by atoms with Crippen LogP contribution in [-0.2, 0) is 12.3 Å². The lowest BCUT2D eigenvalue weighted by Gasteiger charge is -2.40. The van der Waals surface area contributed by atoms with Crippen molar-refractivity contribution in [3.05, 3.63) is 81.8 Å². The molecule has 1 aromatic heterocycles. The first-order chi connectivity index (χ1) is 14.6. The van der Waals surface area contributed by atoms with E-state index in [0.29, 0.717) is 0 Å². The van der Waals surface area contributed by atoms with Crippen LogP contribution in [0.4, 0.5) is 0 Å². The fourth-order valence-corrected chi connectivity index (χ4v) is 5.32. The second-order valence-corrected chi connectivity index (χ2v) is 9.85. The summed E-state index contributed by atoms with van der Waals surface area (Å²) < 4.78 is 0. The van der Waals surface area contributed by atoms with E-state index in [0.717, 1.165) is 53.1 Å².